The molecule has 0 radical (unpaired) electrons. The minimum atomic E-state index is 0.210. The SMILES string of the molecule is CCOCOc1c(Br)cc(CCN)cc1OC. The summed E-state index contributed by atoms with van der Waals surface area (Å²) in [6, 6.07) is 3.91. The Morgan fingerprint density at radius 2 is 2.12 bits per heavy atom. The number of hydrogen-bond acceptors (Lipinski definition) is 4. The minimum absolute atomic E-state index is 0.210. The Labute approximate surface area is 110 Å². The summed E-state index contributed by atoms with van der Waals surface area (Å²) < 4.78 is 16.8. The van der Waals surface area contributed by atoms with Crippen molar-refractivity contribution in [3.05, 3.63) is 22.2 Å². The van der Waals surface area contributed by atoms with Crippen molar-refractivity contribution >= 4 is 15.9 Å². The lowest BCUT2D eigenvalue weighted by molar-refractivity contribution is 0.0204. The molecule has 2 N–H and O–H groups in total. The van der Waals surface area contributed by atoms with E-state index in [2.05, 4.69) is 15.9 Å². The number of rotatable bonds is 7. The molecule has 0 atom stereocenters. The second kappa shape index (κ2) is 7.53. The first-order chi connectivity index (χ1) is 8.22. The molecular weight excluding hydrogens is 286 g/mol. The van der Waals surface area contributed by atoms with Gasteiger partial charge < -0.3 is 19.9 Å². The zero-order chi connectivity index (χ0) is 12.7. The van der Waals surface area contributed by atoms with Crippen LogP contribution in [0.3, 0.4) is 0 Å². The van der Waals surface area contributed by atoms with Gasteiger partial charge >= 0.3 is 0 Å². The first kappa shape index (κ1) is 14.3. The summed E-state index contributed by atoms with van der Waals surface area (Å²) in [5, 5.41) is 0. The summed E-state index contributed by atoms with van der Waals surface area (Å²) in [5.41, 5.74) is 6.64. The van der Waals surface area contributed by atoms with Gasteiger partial charge in [-0.3, -0.25) is 0 Å². The van der Waals surface area contributed by atoms with E-state index in [1.54, 1.807) is 7.11 Å². The lowest BCUT2D eigenvalue weighted by Gasteiger charge is -2.14. The molecule has 0 bridgehead atoms. The fourth-order valence-corrected chi connectivity index (χ4v) is 2.01. The predicted molar refractivity (Wildman–Crippen MR) is 70.6 cm³/mol. The summed E-state index contributed by atoms with van der Waals surface area (Å²) in [6.07, 6.45) is 0.806. The van der Waals surface area contributed by atoms with Crippen molar-refractivity contribution in [3.8, 4) is 11.5 Å². The van der Waals surface area contributed by atoms with E-state index in [0.29, 0.717) is 24.7 Å². The van der Waals surface area contributed by atoms with E-state index >= 15 is 0 Å². The maximum atomic E-state index is 5.53. The first-order valence-corrected chi connectivity index (χ1v) is 6.29. The van der Waals surface area contributed by atoms with Crippen LogP contribution in [0.25, 0.3) is 0 Å². The van der Waals surface area contributed by atoms with E-state index in [4.69, 9.17) is 19.9 Å². The highest BCUT2D eigenvalue weighted by Crippen LogP contribution is 2.36. The average molecular weight is 304 g/mol. The van der Waals surface area contributed by atoms with Gasteiger partial charge in [0.2, 0.25) is 0 Å². The number of hydrogen-bond donors (Lipinski definition) is 1. The number of benzene rings is 1. The lowest BCUT2D eigenvalue weighted by Crippen LogP contribution is -2.06. The highest BCUT2D eigenvalue weighted by atomic mass is 79.9. The molecule has 17 heavy (non-hydrogen) atoms. The fourth-order valence-electron chi connectivity index (χ4n) is 1.41. The van der Waals surface area contributed by atoms with Gasteiger partial charge in [-0.2, -0.15) is 0 Å². The molecule has 0 amide bonds. The summed E-state index contributed by atoms with van der Waals surface area (Å²) in [4.78, 5) is 0. The Hall–Kier alpha value is -0.780. The Morgan fingerprint density at radius 3 is 2.71 bits per heavy atom. The molecule has 1 aromatic carbocycles. The third-order valence-electron chi connectivity index (χ3n) is 2.21. The molecule has 0 aromatic heterocycles. The quantitative estimate of drug-likeness (QED) is 0.620. The molecule has 1 rings (SSSR count). The van der Waals surface area contributed by atoms with Crippen LogP contribution in [0.15, 0.2) is 16.6 Å². The van der Waals surface area contributed by atoms with Crippen LogP contribution >= 0.6 is 15.9 Å². The topological polar surface area (TPSA) is 53.7 Å². The van der Waals surface area contributed by atoms with E-state index in [1.165, 1.54) is 0 Å². The average Bonchev–Trinajstić information content (AvgIpc) is 2.32. The molecule has 0 spiro atoms. The van der Waals surface area contributed by atoms with Crippen molar-refractivity contribution in [2.45, 2.75) is 13.3 Å². The molecule has 0 saturated carbocycles. The molecule has 0 aliphatic carbocycles. The van der Waals surface area contributed by atoms with Crippen LogP contribution < -0.4 is 15.2 Å². The molecule has 0 heterocycles. The molecule has 4 nitrogen and oxygen atoms in total. The van der Waals surface area contributed by atoms with Crippen LogP contribution in [-0.2, 0) is 11.2 Å². The Morgan fingerprint density at radius 1 is 1.35 bits per heavy atom. The van der Waals surface area contributed by atoms with Crippen LogP contribution in [0.1, 0.15) is 12.5 Å². The van der Waals surface area contributed by atoms with Gasteiger partial charge in [0, 0.05) is 6.61 Å². The van der Waals surface area contributed by atoms with Crippen LogP contribution in [0.4, 0.5) is 0 Å². The summed E-state index contributed by atoms with van der Waals surface area (Å²) in [5.74, 6) is 1.34. The highest BCUT2D eigenvalue weighted by molar-refractivity contribution is 9.10. The van der Waals surface area contributed by atoms with Gasteiger partial charge in [-0.25, -0.2) is 0 Å². The van der Waals surface area contributed by atoms with Crippen LogP contribution in [-0.4, -0.2) is 27.1 Å². The van der Waals surface area contributed by atoms with Gasteiger partial charge in [0.1, 0.15) is 0 Å². The maximum absolute atomic E-state index is 5.53. The van der Waals surface area contributed by atoms with Crippen molar-refractivity contribution < 1.29 is 14.2 Å². The second-order valence-electron chi connectivity index (χ2n) is 3.40. The highest BCUT2D eigenvalue weighted by Gasteiger charge is 2.11. The van der Waals surface area contributed by atoms with Crippen molar-refractivity contribution in [3.63, 3.8) is 0 Å². The Bertz CT molecular complexity index is 358. The second-order valence-corrected chi connectivity index (χ2v) is 4.26. The van der Waals surface area contributed by atoms with Crippen LogP contribution in [0, 0.1) is 0 Å². The summed E-state index contributed by atoms with van der Waals surface area (Å²) in [6.45, 7) is 3.35. The summed E-state index contributed by atoms with van der Waals surface area (Å²) in [7, 11) is 1.61. The number of methoxy groups -OCH3 is 1. The molecule has 0 fully saturated rings. The largest absolute Gasteiger partial charge is 0.493 e. The van der Waals surface area contributed by atoms with Crippen molar-refractivity contribution in [2.24, 2.45) is 5.73 Å². The van der Waals surface area contributed by atoms with Crippen molar-refractivity contribution in [1.82, 2.24) is 0 Å². The molecule has 0 saturated heterocycles. The Balaban J connectivity index is 2.87. The third kappa shape index (κ3) is 4.18. The van der Waals surface area contributed by atoms with Gasteiger partial charge in [0.05, 0.1) is 11.6 Å². The molecule has 0 aliphatic heterocycles. The maximum Gasteiger partial charge on any atom is 0.189 e. The van der Waals surface area contributed by atoms with Crippen LogP contribution in [0.5, 0.6) is 11.5 Å². The number of halogens is 1. The van der Waals surface area contributed by atoms with Gasteiger partial charge in [0.25, 0.3) is 0 Å². The van der Waals surface area contributed by atoms with Crippen molar-refractivity contribution in [1.29, 1.82) is 0 Å². The predicted octanol–water partition coefficient (Wildman–Crippen LogP) is 2.33. The zero-order valence-electron chi connectivity index (χ0n) is 10.2. The monoisotopic (exact) mass is 303 g/mol. The molecule has 0 unspecified atom stereocenters. The van der Waals surface area contributed by atoms with Crippen molar-refractivity contribution in [2.75, 3.05) is 27.1 Å². The van der Waals surface area contributed by atoms with Gasteiger partial charge in [-0.15, -0.1) is 0 Å². The van der Waals surface area contributed by atoms with E-state index in [1.807, 2.05) is 19.1 Å². The molecular formula is C12H18BrNO3. The smallest absolute Gasteiger partial charge is 0.189 e. The standard InChI is InChI=1S/C12H18BrNO3/c1-3-16-8-17-12-10(13)6-9(4-5-14)7-11(12)15-2/h6-7H,3-5,8,14H2,1-2H3. The van der Waals surface area contributed by atoms with E-state index in [-0.39, 0.29) is 6.79 Å². The normalized spacial score (nSPS) is 10.4. The van der Waals surface area contributed by atoms with Gasteiger partial charge in [-0.1, -0.05) is 0 Å². The van der Waals surface area contributed by atoms with Gasteiger partial charge in [-0.05, 0) is 53.5 Å². The van der Waals surface area contributed by atoms with E-state index in [9.17, 15) is 0 Å². The van der Waals surface area contributed by atoms with E-state index < -0.39 is 0 Å². The Kier molecular flexibility index (Phi) is 6.32. The van der Waals surface area contributed by atoms with Gasteiger partial charge in [0.15, 0.2) is 18.3 Å². The minimum Gasteiger partial charge on any atom is -0.493 e. The summed E-state index contributed by atoms with van der Waals surface area (Å²) >= 11 is 3.46. The molecule has 0 aliphatic rings. The lowest BCUT2D eigenvalue weighted by atomic mass is 10.1. The number of ether oxygens (including phenoxy) is 3. The fraction of sp³-hybridized carbons (Fsp3) is 0.500. The third-order valence-corrected chi connectivity index (χ3v) is 2.80. The zero-order valence-corrected chi connectivity index (χ0v) is 11.7. The van der Waals surface area contributed by atoms with Crippen LogP contribution in [0.2, 0.25) is 0 Å². The molecule has 1 aromatic rings. The first-order valence-electron chi connectivity index (χ1n) is 5.50. The van der Waals surface area contributed by atoms with E-state index in [0.717, 1.165) is 16.5 Å². The molecule has 5 heteroatoms. The molecule has 96 valence electrons. The number of nitrogens with two attached hydrogens (primary N) is 1.